The number of aromatic nitrogens is 3. The van der Waals surface area contributed by atoms with Gasteiger partial charge in [0, 0.05) is 49.9 Å². The van der Waals surface area contributed by atoms with Crippen LogP contribution in [0.15, 0.2) is 59.9 Å². The molecule has 3 heterocycles. The molecule has 180 valence electrons. The number of ether oxygens (including phenoxy) is 1. The van der Waals surface area contributed by atoms with Crippen LogP contribution >= 0.6 is 0 Å². The Labute approximate surface area is 199 Å². The van der Waals surface area contributed by atoms with Crippen LogP contribution in [0.3, 0.4) is 0 Å². The molecule has 0 unspecified atom stereocenters. The van der Waals surface area contributed by atoms with Gasteiger partial charge in [-0.25, -0.2) is 8.42 Å². The third-order valence-corrected chi connectivity index (χ3v) is 7.79. The number of hydrogen-bond donors (Lipinski definition) is 1. The number of nitrogens with one attached hydrogen (secondary N) is 1. The van der Waals surface area contributed by atoms with Crippen LogP contribution in [0.2, 0.25) is 0 Å². The van der Waals surface area contributed by atoms with Gasteiger partial charge in [0.1, 0.15) is 10.6 Å². The third-order valence-electron chi connectivity index (χ3n) is 5.87. The SMILES string of the molecule is COc1ccc(C(=O)Nc2ccn(CCc3ccncc3)n2)cc1S(=O)(=O)N1CCCCCC1. The minimum atomic E-state index is -3.78. The van der Waals surface area contributed by atoms with Crippen LogP contribution in [0.25, 0.3) is 0 Å². The molecule has 1 aliphatic heterocycles. The molecule has 0 aliphatic carbocycles. The minimum absolute atomic E-state index is 0.00688. The van der Waals surface area contributed by atoms with Crippen LogP contribution in [0.1, 0.15) is 41.6 Å². The van der Waals surface area contributed by atoms with Crippen LogP contribution in [-0.2, 0) is 23.0 Å². The van der Waals surface area contributed by atoms with E-state index in [4.69, 9.17) is 4.74 Å². The van der Waals surface area contributed by atoms with Crippen molar-refractivity contribution in [3.8, 4) is 5.75 Å². The lowest BCUT2D eigenvalue weighted by Gasteiger charge is -2.21. The van der Waals surface area contributed by atoms with E-state index in [1.54, 1.807) is 35.4 Å². The lowest BCUT2D eigenvalue weighted by molar-refractivity contribution is 0.102. The van der Waals surface area contributed by atoms with E-state index in [2.05, 4.69) is 15.4 Å². The van der Waals surface area contributed by atoms with Crippen molar-refractivity contribution in [2.75, 3.05) is 25.5 Å². The smallest absolute Gasteiger partial charge is 0.256 e. The predicted octanol–water partition coefficient (Wildman–Crippen LogP) is 3.35. The van der Waals surface area contributed by atoms with Crippen LogP contribution in [0.4, 0.5) is 5.82 Å². The molecule has 1 N–H and O–H groups in total. The van der Waals surface area contributed by atoms with Gasteiger partial charge < -0.3 is 10.1 Å². The van der Waals surface area contributed by atoms with Crippen molar-refractivity contribution in [3.63, 3.8) is 0 Å². The number of anilines is 1. The molecule has 1 aromatic carbocycles. The van der Waals surface area contributed by atoms with Crippen LogP contribution in [0, 0.1) is 0 Å². The van der Waals surface area contributed by atoms with E-state index in [1.165, 1.54) is 23.5 Å². The number of amides is 1. The fourth-order valence-corrected chi connectivity index (χ4v) is 5.67. The summed E-state index contributed by atoms with van der Waals surface area (Å²) in [6.45, 7) is 1.60. The molecule has 0 radical (unpaired) electrons. The molecule has 1 amide bonds. The monoisotopic (exact) mass is 483 g/mol. The highest BCUT2D eigenvalue weighted by atomic mass is 32.2. The second-order valence-electron chi connectivity index (χ2n) is 8.21. The number of nitrogens with zero attached hydrogens (tertiary/aromatic N) is 4. The average molecular weight is 484 g/mol. The molecular formula is C24H29N5O4S. The van der Waals surface area contributed by atoms with E-state index < -0.39 is 15.9 Å². The van der Waals surface area contributed by atoms with E-state index in [1.807, 2.05) is 12.1 Å². The van der Waals surface area contributed by atoms with Crippen molar-refractivity contribution in [3.05, 3.63) is 66.1 Å². The molecule has 0 atom stereocenters. The van der Waals surface area contributed by atoms with Crippen LogP contribution in [-0.4, -0.2) is 53.6 Å². The van der Waals surface area contributed by atoms with Gasteiger partial charge in [0.05, 0.1) is 7.11 Å². The van der Waals surface area contributed by atoms with Gasteiger partial charge in [0.15, 0.2) is 5.82 Å². The summed E-state index contributed by atoms with van der Waals surface area (Å²) in [6.07, 6.45) is 9.76. The zero-order valence-electron chi connectivity index (χ0n) is 19.2. The topological polar surface area (TPSA) is 106 Å². The molecular weight excluding hydrogens is 454 g/mol. The van der Waals surface area contributed by atoms with Gasteiger partial charge >= 0.3 is 0 Å². The van der Waals surface area contributed by atoms with Crippen molar-refractivity contribution < 1.29 is 17.9 Å². The Morgan fingerprint density at radius 1 is 1.06 bits per heavy atom. The first-order valence-electron chi connectivity index (χ1n) is 11.4. The summed E-state index contributed by atoms with van der Waals surface area (Å²) in [5.74, 6) is 0.183. The zero-order chi connectivity index (χ0) is 24.0. The van der Waals surface area contributed by atoms with Crippen LogP contribution in [0.5, 0.6) is 5.75 Å². The second kappa shape index (κ2) is 10.8. The number of benzene rings is 1. The molecule has 4 rings (SSSR count). The first-order chi connectivity index (χ1) is 16.5. The number of pyridine rings is 1. The molecule has 2 aromatic heterocycles. The molecule has 0 bridgehead atoms. The first-order valence-corrected chi connectivity index (χ1v) is 12.8. The van der Waals surface area contributed by atoms with Gasteiger partial charge in [-0.1, -0.05) is 12.8 Å². The van der Waals surface area contributed by atoms with Crippen molar-refractivity contribution in [2.45, 2.75) is 43.5 Å². The lowest BCUT2D eigenvalue weighted by Crippen LogP contribution is -2.32. The Hall–Kier alpha value is -3.24. The number of carbonyl (C=O) groups is 1. The average Bonchev–Trinajstić information content (AvgIpc) is 3.11. The van der Waals surface area contributed by atoms with E-state index in [-0.39, 0.29) is 16.2 Å². The Morgan fingerprint density at radius 3 is 2.50 bits per heavy atom. The Morgan fingerprint density at radius 2 is 1.79 bits per heavy atom. The van der Waals surface area contributed by atoms with Gasteiger partial charge in [0.25, 0.3) is 5.91 Å². The molecule has 9 nitrogen and oxygen atoms in total. The number of sulfonamides is 1. The Bertz CT molecular complexity index is 1220. The molecule has 1 saturated heterocycles. The molecule has 10 heteroatoms. The van der Waals surface area contributed by atoms with Gasteiger partial charge in [-0.2, -0.15) is 9.40 Å². The lowest BCUT2D eigenvalue weighted by atomic mass is 10.2. The van der Waals surface area contributed by atoms with Crippen molar-refractivity contribution in [1.82, 2.24) is 19.1 Å². The maximum absolute atomic E-state index is 13.3. The highest BCUT2D eigenvalue weighted by Gasteiger charge is 2.29. The van der Waals surface area contributed by atoms with Crippen LogP contribution < -0.4 is 10.1 Å². The number of aryl methyl sites for hydroxylation is 2. The summed E-state index contributed by atoms with van der Waals surface area (Å²) in [7, 11) is -2.36. The van der Waals surface area contributed by atoms with Gasteiger partial charge in [-0.3, -0.25) is 14.5 Å². The standard InChI is InChI=1S/C24H29N5O4S/c1-33-21-7-6-20(18-22(21)34(31,32)29-14-4-2-3-5-15-29)24(30)26-23-11-17-28(27-23)16-10-19-8-12-25-13-9-19/h6-9,11-13,17-18H,2-5,10,14-16H2,1H3,(H,26,27,30). The normalized spacial score (nSPS) is 15.0. The van der Waals surface area contributed by atoms with E-state index in [0.29, 0.717) is 25.5 Å². The highest BCUT2D eigenvalue weighted by molar-refractivity contribution is 7.89. The molecule has 34 heavy (non-hydrogen) atoms. The maximum Gasteiger partial charge on any atom is 0.256 e. The molecule has 0 saturated carbocycles. The fraction of sp³-hybridized carbons (Fsp3) is 0.375. The number of hydrogen-bond acceptors (Lipinski definition) is 6. The number of methoxy groups -OCH3 is 1. The van der Waals surface area contributed by atoms with E-state index in [0.717, 1.165) is 37.7 Å². The number of rotatable bonds is 8. The molecule has 3 aromatic rings. The molecule has 1 aliphatic rings. The summed E-state index contributed by atoms with van der Waals surface area (Å²) >= 11 is 0. The Kier molecular flexibility index (Phi) is 7.59. The zero-order valence-corrected chi connectivity index (χ0v) is 20.0. The largest absolute Gasteiger partial charge is 0.495 e. The van der Waals surface area contributed by atoms with Gasteiger partial charge in [0.2, 0.25) is 10.0 Å². The summed E-state index contributed by atoms with van der Waals surface area (Å²) in [5, 5.41) is 7.15. The summed E-state index contributed by atoms with van der Waals surface area (Å²) in [5.41, 5.74) is 1.37. The molecule has 1 fully saturated rings. The fourth-order valence-electron chi connectivity index (χ4n) is 3.98. The quantitative estimate of drug-likeness (QED) is 0.527. The van der Waals surface area contributed by atoms with E-state index >= 15 is 0 Å². The third kappa shape index (κ3) is 5.63. The second-order valence-corrected chi connectivity index (χ2v) is 10.1. The van der Waals surface area contributed by atoms with E-state index in [9.17, 15) is 13.2 Å². The van der Waals surface area contributed by atoms with Crippen molar-refractivity contribution in [2.24, 2.45) is 0 Å². The number of carbonyl (C=O) groups excluding carboxylic acids is 1. The summed E-state index contributed by atoms with van der Waals surface area (Å²) < 4.78 is 35.2. The van der Waals surface area contributed by atoms with Crippen molar-refractivity contribution >= 4 is 21.7 Å². The minimum Gasteiger partial charge on any atom is -0.495 e. The highest BCUT2D eigenvalue weighted by Crippen LogP contribution is 2.29. The maximum atomic E-state index is 13.3. The summed E-state index contributed by atoms with van der Waals surface area (Å²) in [4.78, 5) is 16.9. The Balaban J connectivity index is 1.48. The predicted molar refractivity (Wildman–Crippen MR) is 128 cm³/mol. The van der Waals surface area contributed by atoms with Gasteiger partial charge in [-0.15, -0.1) is 0 Å². The summed E-state index contributed by atoms with van der Waals surface area (Å²) in [6, 6.07) is 10.1. The first kappa shape index (κ1) is 23.9. The van der Waals surface area contributed by atoms with Gasteiger partial charge in [-0.05, 0) is 55.2 Å². The molecule has 0 spiro atoms. The van der Waals surface area contributed by atoms with Crippen molar-refractivity contribution in [1.29, 1.82) is 0 Å².